The maximum Gasteiger partial charge on any atom is 0.340 e. The number of methoxy groups -OCH3 is 1. The normalized spacial score (nSPS) is 10.5. The predicted molar refractivity (Wildman–Crippen MR) is 76.6 cm³/mol. The van der Waals surface area contributed by atoms with E-state index in [1.165, 1.54) is 31.4 Å². The Balaban J connectivity index is 2.46. The minimum atomic E-state index is -1.23. The van der Waals surface area contributed by atoms with Gasteiger partial charge in [-0.2, -0.15) is 4.39 Å². The summed E-state index contributed by atoms with van der Waals surface area (Å²) in [5.74, 6) is -3.46. The third-order valence-electron chi connectivity index (χ3n) is 3.21. The Morgan fingerprint density at radius 3 is 2.38 bits per heavy atom. The van der Waals surface area contributed by atoms with Crippen LogP contribution in [0.5, 0.6) is 5.75 Å². The van der Waals surface area contributed by atoms with Gasteiger partial charge in [-0.3, -0.25) is 0 Å². The molecule has 5 heteroatoms. The number of benzene rings is 1. The maximum atomic E-state index is 13.7. The first-order valence-corrected chi connectivity index (χ1v) is 7.31. The quantitative estimate of drug-likeness (QED) is 0.498. The fourth-order valence-corrected chi connectivity index (χ4v) is 1.98. The van der Waals surface area contributed by atoms with Gasteiger partial charge < -0.3 is 9.47 Å². The van der Waals surface area contributed by atoms with Gasteiger partial charge in [-0.05, 0) is 18.6 Å². The van der Waals surface area contributed by atoms with Gasteiger partial charge in [0.25, 0.3) is 0 Å². The van der Waals surface area contributed by atoms with Crippen molar-refractivity contribution in [1.29, 1.82) is 0 Å². The van der Waals surface area contributed by atoms with E-state index >= 15 is 0 Å². The molecule has 0 bridgehead atoms. The molecule has 0 heterocycles. The molecule has 3 nitrogen and oxygen atoms in total. The molecule has 0 amide bonds. The summed E-state index contributed by atoms with van der Waals surface area (Å²) in [7, 11) is 1.11. The highest BCUT2D eigenvalue weighted by molar-refractivity contribution is 5.89. The average molecular weight is 300 g/mol. The van der Waals surface area contributed by atoms with Crippen LogP contribution in [0, 0.1) is 11.6 Å². The Kier molecular flexibility index (Phi) is 7.72. The molecule has 0 aliphatic heterocycles. The molecular weight excluding hydrogens is 278 g/mol. The van der Waals surface area contributed by atoms with Crippen molar-refractivity contribution >= 4 is 5.97 Å². The summed E-state index contributed by atoms with van der Waals surface area (Å²) in [5, 5.41) is 0. The summed E-state index contributed by atoms with van der Waals surface area (Å²) in [6.07, 6.45) is 6.51. The van der Waals surface area contributed by atoms with Crippen LogP contribution in [0.2, 0.25) is 0 Å². The lowest BCUT2D eigenvalue weighted by molar-refractivity contribution is 0.0594. The molecule has 1 aromatic rings. The molecule has 0 radical (unpaired) electrons. The van der Waals surface area contributed by atoms with E-state index in [0.29, 0.717) is 6.61 Å². The molecule has 118 valence electrons. The number of unbranched alkanes of at least 4 members (excludes halogenated alkanes) is 5. The lowest BCUT2D eigenvalue weighted by atomic mass is 10.1. The van der Waals surface area contributed by atoms with Crippen LogP contribution in [-0.2, 0) is 4.74 Å². The van der Waals surface area contributed by atoms with Crippen LogP contribution < -0.4 is 4.74 Å². The van der Waals surface area contributed by atoms with Crippen molar-refractivity contribution in [2.24, 2.45) is 0 Å². The summed E-state index contributed by atoms with van der Waals surface area (Å²) < 4.78 is 37.0. The number of carbonyl (C=O) groups is 1. The second-order valence-corrected chi connectivity index (χ2v) is 4.85. The molecule has 1 aromatic carbocycles. The van der Waals surface area contributed by atoms with Crippen molar-refractivity contribution in [3.05, 3.63) is 29.3 Å². The zero-order valence-electron chi connectivity index (χ0n) is 12.6. The van der Waals surface area contributed by atoms with Crippen LogP contribution in [0.25, 0.3) is 0 Å². The first-order valence-electron chi connectivity index (χ1n) is 7.31. The van der Waals surface area contributed by atoms with Crippen molar-refractivity contribution in [3.8, 4) is 5.75 Å². The summed E-state index contributed by atoms with van der Waals surface area (Å²) in [4.78, 5) is 11.2. The van der Waals surface area contributed by atoms with E-state index in [1.54, 1.807) is 0 Å². The summed E-state index contributed by atoms with van der Waals surface area (Å²) in [6, 6.07) is 2.42. The number of rotatable bonds is 9. The Morgan fingerprint density at radius 2 is 1.71 bits per heavy atom. The number of ether oxygens (including phenoxy) is 2. The van der Waals surface area contributed by atoms with Crippen molar-refractivity contribution in [2.45, 2.75) is 45.4 Å². The summed E-state index contributed by atoms with van der Waals surface area (Å²) >= 11 is 0. The van der Waals surface area contributed by atoms with E-state index in [2.05, 4.69) is 11.7 Å². The lowest BCUT2D eigenvalue weighted by Gasteiger charge is -2.09. The highest BCUT2D eigenvalue weighted by Gasteiger charge is 2.19. The maximum absolute atomic E-state index is 13.7. The van der Waals surface area contributed by atoms with Crippen LogP contribution in [0.3, 0.4) is 0 Å². The highest BCUT2D eigenvalue weighted by atomic mass is 19.2. The Labute approximate surface area is 124 Å². The minimum Gasteiger partial charge on any atom is -0.490 e. The first-order chi connectivity index (χ1) is 10.1. The molecule has 0 aromatic heterocycles. The third kappa shape index (κ3) is 5.33. The molecule has 0 unspecified atom stereocenters. The van der Waals surface area contributed by atoms with Crippen molar-refractivity contribution in [2.75, 3.05) is 13.7 Å². The topological polar surface area (TPSA) is 35.5 Å². The Morgan fingerprint density at radius 1 is 1.05 bits per heavy atom. The number of carbonyl (C=O) groups excluding carboxylic acids is 1. The van der Waals surface area contributed by atoms with Crippen molar-refractivity contribution in [1.82, 2.24) is 0 Å². The van der Waals surface area contributed by atoms with E-state index < -0.39 is 23.2 Å². The van der Waals surface area contributed by atoms with Crippen LogP contribution >= 0.6 is 0 Å². The van der Waals surface area contributed by atoms with Gasteiger partial charge >= 0.3 is 5.97 Å². The van der Waals surface area contributed by atoms with Crippen LogP contribution in [-0.4, -0.2) is 19.7 Å². The largest absolute Gasteiger partial charge is 0.490 e. The standard InChI is InChI=1S/C16H22F2O3/c1-3-4-5-6-7-8-11-21-13-10-9-12(16(19)20-2)14(17)15(13)18/h9-10H,3-8,11H2,1-2H3. The van der Waals surface area contributed by atoms with Crippen molar-refractivity contribution in [3.63, 3.8) is 0 Å². The Hall–Kier alpha value is -1.65. The minimum absolute atomic E-state index is 0.172. The van der Waals surface area contributed by atoms with Gasteiger partial charge in [0.05, 0.1) is 19.3 Å². The molecule has 0 saturated heterocycles. The van der Waals surface area contributed by atoms with Gasteiger partial charge in [0.1, 0.15) is 0 Å². The average Bonchev–Trinajstić information content (AvgIpc) is 2.49. The van der Waals surface area contributed by atoms with Crippen LogP contribution in [0.4, 0.5) is 8.78 Å². The number of halogens is 2. The van der Waals surface area contributed by atoms with Gasteiger partial charge in [-0.1, -0.05) is 39.0 Å². The number of hydrogen-bond acceptors (Lipinski definition) is 3. The van der Waals surface area contributed by atoms with E-state index in [0.717, 1.165) is 26.4 Å². The number of esters is 1. The molecule has 0 saturated carbocycles. The van der Waals surface area contributed by atoms with E-state index in [9.17, 15) is 13.6 Å². The molecule has 0 aliphatic rings. The zero-order chi connectivity index (χ0) is 15.7. The monoisotopic (exact) mass is 300 g/mol. The second kappa shape index (κ2) is 9.32. The molecule has 0 atom stereocenters. The SMILES string of the molecule is CCCCCCCCOc1ccc(C(=O)OC)c(F)c1F. The molecule has 0 aliphatic carbocycles. The predicted octanol–water partition coefficient (Wildman–Crippen LogP) is 4.49. The Bertz CT molecular complexity index is 461. The molecular formula is C16H22F2O3. The van der Waals surface area contributed by atoms with Crippen LogP contribution in [0.15, 0.2) is 12.1 Å². The highest BCUT2D eigenvalue weighted by Crippen LogP contribution is 2.23. The summed E-state index contributed by atoms with van der Waals surface area (Å²) in [6.45, 7) is 2.48. The number of hydrogen-bond donors (Lipinski definition) is 0. The zero-order valence-corrected chi connectivity index (χ0v) is 12.6. The smallest absolute Gasteiger partial charge is 0.340 e. The fraction of sp³-hybridized carbons (Fsp3) is 0.562. The molecule has 0 N–H and O–H groups in total. The van der Waals surface area contributed by atoms with E-state index in [-0.39, 0.29) is 5.75 Å². The van der Waals surface area contributed by atoms with Gasteiger partial charge in [0.15, 0.2) is 11.6 Å². The summed E-state index contributed by atoms with van der Waals surface area (Å²) in [5.41, 5.74) is -0.429. The van der Waals surface area contributed by atoms with E-state index in [4.69, 9.17) is 4.74 Å². The van der Waals surface area contributed by atoms with Gasteiger partial charge in [-0.25, -0.2) is 9.18 Å². The van der Waals surface area contributed by atoms with Crippen molar-refractivity contribution < 1.29 is 23.0 Å². The van der Waals surface area contributed by atoms with Crippen LogP contribution in [0.1, 0.15) is 55.8 Å². The van der Waals surface area contributed by atoms with E-state index in [1.807, 2.05) is 0 Å². The molecule has 1 rings (SSSR count). The molecule has 0 spiro atoms. The first kappa shape index (κ1) is 17.4. The second-order valence-electron chi connectivity index (χ2n) is 4.85. The molecule has 21 heavy (non-hydrogen) atoms. The van der Waals surface area contributed by atoms with Gasteiger partial charge in [0.2, 0.25) is 5.82 Å². The van der Waals surface area contributed by atoms with Gasteiger partial charge in [0, 0.05) is 0 Å². The lowest BCUT2D eigenvalue weighted by Crippen LogP contribution is -2.08. The third-order valence-corrected chi connectivity index (χ3v) is 3.21. The molecule has 0 fully saturated rings. The van der Waals surface area contributed by atoms with Gasteiger partial charge in [-0.15, -0.1) is 0 Å². The fourth-order valence-electron chi connectivity index (χ4n) is 1.98.